The summed E-state index contributed by atoms with van der Waals surface area (Å²) in [6, 6.07) is 15.4. The number of fused-ring (bicyclic) bond motifs is 5. The highest BCUT2D eigenvalue weighted by Crippen LogP contribution is 2.36. The monoisotopic (exact) mass is 425 g/mol. The van der Waals surface area contributed by atoms with E-state index >= 15 is 0 Å². The Morgan fingerprint density at radius 3 is 3.00 bits per heavy atom. The van der Waals surface area contributed by atoms with E-state index in [0.717, 1.165) is 61.5 Å². The zero-order valence-corrected chi connectivity index (χ0v) is 18.3. The van der Waals surface area contributed by atoms with E-state index in [4.69, 9.17) is 4.74 Å². The highest BCUT2D eigenvalue weighted by molar-refractivity contribution is 5.95. The lowest BCUT2D eigenvalue weighted by Gasteiger charge is -2.45. The number of nitrogens with one attached hydrogen (secondary N) is 1. The third-order valence-electron chi connectivity index (χ3n) is 7.28. The fraction of sp³-hybridized carbons (Fsp3) is 0.385. The molecule has 1 saturated heterocycles. The minimum atomic E-state index is 0.311. The molecule has 1 N–H and O–H groups in total. The first kappa shape index (κ1) is 19.5. The van der Waals surface area contributed by atoms with Crippen LogP contribution in [-0.2, 0) is 19.5 Å². The zero-order valence-electron chi connectivity index (χ0n) is 18.3. The summed E-state index contributed by atoms with van der Waals surface area (Å²) in [5.74, 6) is 1.06. The zero-order chi connectivity index (χ0) is 21.7. The summed E-state index contributed by atoms with van der Waals surface area (Å²) in [6.45, 7) is 7.80. The largest absolute Gasteiger partial charge is 0.492 e. The first-order valence-corrected chi connectivity index (χ1v) is 11.5. The van der Waals surface area contributed by atoms with Gasteiger partial charge in [-0.3, -0.25) is 9.88 Å². The Bertz CT molecular complexity index is 1230. The Balaban J connectivity index is 1.33. The number of ether oxygens (including phenoxy) is 1. The summed E-state index contributed by atoms with van der Waals surface area (Å²) in [4.78, 5) is 9.59. The molecule has 32 heavy (non-hydrogen) atoms. The van der Waals surface area contributed by atoms with Crippen molar-refractivity contribution in [1.82, 2.24) is 15.2 Å². The molecule has 1 aromatic heterocycles. The van der Waals surface area contributed by atoms with E-state index in [1.165, 1.54) is 16.7 Å². The summed E-state index contributed by atoms with van der Waals surface area (Å²) >= 11 is 0. The minimum absolute atomic E-state index is 0.311. The van der Waals surface area contributed by atoms with Crippen LogP contribution in [0.15, 0.2) is 42.6 Å². The van der Waals surface area contributed by atoms with Gasteiger partial charge in [0, 0.05) is 55.1 Å². The van der Waals surface area contributed by atoms with Crippen molar-refractivity contribution in [3.8, 4) is 11.8 Å². The highest BCUT2D eigenvalue weighted by Gasteiger charge is 2.36. The fourth-order valence-electron chi connectivity index (χ4n) is 5.68. The maximum Gasteiger partial charge on any atom is 0.124 e. The van der Waals surface area contributed by atoms with Crippen molar-refractivity contribution in [2.75, 3.05) is 31.1 Å². The molecule has 0 saturated carbocycles. The molecule has 0 amide bonds. The molecule has 6 heteroatoms. The number of nitriles is 1. The average molecular weight is 426 g/mol. The summed E-state index contributed by atoms with van der Waals surface area (Å²) < 4.78 is 6.40. The van der Waals surface area contributed by atoms with Crippen LogP contribution < -0.4 is 15.0 Å². The van der Waals surface area contributed by atoms with Crippen molar-refractivity contribution in [2.24, 2.45) is 0 Å². The predicted molar refractivity (Wildman–Crippen MR) is 125 cm³/mol. The van der Waals surface area contributed by atoms with E-state index in [9.17, 15) is 5.26 Å². The number of benzene rings is 2. The second-order valence-electron chi connectivity index (χ2n) is 9.14. The Hall–Kier alpha value is -3.14. The third kappa shape index (κ3) is 3.12. The molecular weight excluding hydrogens is 398 g/mol. The van der Waals surface area contributed by atoms with Crippen LogP contribution in [0.5, 0.6) is 5.75 Å². The minimum Gasteiger partial charge on any atom is -0.492 e. The van der Waals surface area contributed by atoms with Crippen LogP contribution in [0.25, 0.3) is 10.9 Å². The van der Waals surface area contributed by atoms with E-state index < -0.39 is 0 Å². The lowest BCUT2D eigenvalue weighted by molar-refractivity contribution is 0.0890. The smallest absolute Gasteiger partial charge is 0.124 e. The molecule has 0 aliphatic carbocycles. The van der Waals surface area contributed by atoms with Crippen molar-refractivity contribution in [1.29, 1.82) is 5.26 Å². The number of piperazine rings is 1. The Morgan fingerprint density at radius 1 is 1.16 bits per heavy atom. The molecule has 162 valence electrons. The van der Waals surface area contributed by atoms with Gasteiger partial charge in [-0.15, -0.1) is 0 Å². The number of hydrogen-bond donors (Lipinski definition) is 1. The average Bonchev–Trinajstić information content (AvgIpc) is 3.03. The van der Waals surface area contributed by atoms with Gasteiger partial charge in [0.25, 0.3) is 0 Å². The summed E-state index contributed by atoms with van der Waals surface area (Å²) in [6.07, 6.45) is 2.84. The maximum absolute atomic E-state index is 9.50. The van der Waals surface area contributed by atoms with Crippen LogP contribution in [0.4, 0.5) is 5.69 Å². The number of rotatable bonds is 1. The van der Waals surface area contributed by atoms with Crippen LogP contribution in [-0.4, -0.2) is 48.2 Å². The summed E-state index contributed by atoms with van der Waals surface area (Å²) in [5.41, 5.74) is 6.86. The number of aromatic nitrogens is 1. The van der Waals surface area contributed by atoms with Gasteiger partial charge in [-0.05, 0) is 61.3 Å². The lowest BCUT2D eigenvalue weighted by Crippen LogP contribution is -2.58. The molecule has 3 aromatic rings. The molecule has 3 aliphatic rings. The standard InChI is InChI=1S/C26H27N5O/c1-17-13-30(24-6-4-18(11-27)26-22(24)3-2-9-29-26)14-20-16-32-25-7-5-19-12-28-10-8-21(19)23(25)15-31(17)20/h2-7,9,17,20,28H,8,10,12-16H2,1H3/t17-,20-/m1/s1. The second-order valence-corrected chi connectivity index (χ2v) is 9.14. The Labute approximate surface area is 188 Å². The number of anilines is 1. The lowest BCUT2D eigenvalue weighted by atomic mass is 9.93. The van der Waals surface area contributed by atoms with Crippen molar-refractivity contribution in [3.05, 3.63) is 64.8 Å². The van der Waals surface area contributed by atoms with Crippen molar-refractivity contribution < 1.29 is 4.74 Å². The summed E-state index contributed by atoms with van der Waals surface area (Å²) in [7, 11) is 0. The molecule has 6 nitrogen and oxygen atoms in total. The number of nitrogens with zero attached hydrogens (tertiary/aromatic N) is 4. The van der Waals surface area contributed by atoms with E-state index in [1.54, 1.807) is 6.20 Å². The van der Waals surface area contributed by atoms with Crippen LogP contribution in [0, 0.1) is 11.3 Å². The fourth-order valence-corrected chi connectivity index (χ4v) is 5.68. The van der Waals surface area contributed by atoms with Gasteiger partial charge in [-0.25, -0.2) is 0 Å². The molecule has 0 radical (unpaired) electrons. The molecule has 3 aliphatic heterocycles. The highest BCUT2D eigenvalue weighted by atomic mass is 16.5. The topological polar surface area (TPSA) is 64.4 Å². The molecule has 0 unspecified atom stereocenters. The van der Waals surface area contributed by atoms with Gasteiger partial charge in [0.15, 0.2) is 0 Å². The van der Waals surface area contributed by atoms with E-state index in [2.05, 4.69) is 57.4 Å². The van der Waals surface area contributed by atoms with Gasteiger partial charge in [0.05, 0.1) is 17.1 Å². The molecular formula is C26H27N5O. The van der Waals surface area contributed by atoms with E-state index in [-0.39, 0.29) is 0 Å². The van der Waals surface area contributed by atoms with Gasteiger partial charge in [0.1, 0.15) is 18.4 Å². The normalized spacial score (nSPS) is 22.8. The van der Waals surface area contributed by atoms with Gasteiger partial charge in [0.2, 0.25) is 0 Å². The first-order chi connectivity index (χ1) is 15.7. The molecule has 6 rings (SSSR count). The first-order valence-electron chi connectivity index (χ1n) is 11.5. The number of hydrogen-bond acceptors (Lipinski definition) is 6. The molecule has 1 fully saturated rings. The SMILES string of the molecule is C[C@@H]1CN(c2ccc(C#N)c3ncccc23)C[C@@H]2COc3ccc4c(c3CN21)CCNC4. The summed E-state index contributed by atoms with van der Waals surface area (Å²) in [5, 5.41) is 14.0. The van der Waals surface area contributed by atoms with Gasteiger partial charge < -0.3 is 15.0 Å². The van der Waals surface area contributed by atoms with Crippen LogP contribution in [0.3, 0.4) is 0 Å². The van der Waals surface area contributed by atoms with Crippen molar-refractivity contribution in [3.63, 3.8) is 0 Å². The van der Waals surface area contributed by atoms with Crippen molar-refractivity contribution in [2.45, 2.75) is 38.5 Å². The molecule has 2 aromatic carbocycles. The Kier molecular flexibility index (Phi) is 4.74. The second kappa shape index (κ2) is 7.77. The Morgan fingerprint density at radius 2 is 2.09 bits per heavy atom. The maximum atomic E-state index is 9.50. The van der Waals surface area contributed by atoms with Gasteiger partial charge in [-0.2, -0.15) is 5.26 Å². The van der Waals surface area contributed by atoms with Crippen LogP contribution in [0.2, 0.25) is 0 Å². The number of pyridine rings is 1. The molecule has 0 spiro atoms. The van der Waals surface area contributed by atoms with Gasteiger partial charge in [-0.1, -0.05) is 6.07 Å². The van der Waals surface area contributed by atoms with Crippen LogP contribution >= 0.6 is 0 Å². The van der Waals surface area contributed by atoms with E-state index in [0.29, 0.717) is 24.3 Å². The third-order valence-corrected chi connectivity index (χ3v) is 7.28. The van der Waals surface area contributed by atoms with Crippen molar-refractivity contribution >= 4 is 16.6 Å². The van der Waals surface area contributed by atoms with Gasteiger partial charge >= 0.3 is 0 Å². The van der Waals surface area contributed by atoms with E-state index in [1.807, 2.05) is 12.1 Å². The molecule has 2 atom stereocenters. The van der Waals surface area contributed by atoms with Crippen LogP contribution in [0.1, 0.15) is 29.2 Å². The molecule has 4 heterocycles. The molecule has 0 bridgehead atoms. The predicted octanol–water partition coefficient (Wildman–Crippen LogP) is 3.22. The quantitative estimate of drug-likeness (QED) is 0.646.